The Labute approximate surface area is 167 Å². The number of aryl methyl sites for hydroxylation is 3. The molecule has 0 aliphatic carbocycles. The third kappa shape index (κ3) is 6.27. The van der Waals surface area contributed by atoms with Crippen molar-refractivity contribution in [3.63, 3.8) is 0 Å². The van der Waals surface area contributed by atoms with Crippen LogP contribution in [0.4, 0.5) is 5.69 Å². The zero-order valence-electron chi connectivity index (χ0n) is 16.9. The largest absolute Gasteiger partial charge is 0.497 e. The summed E-state index contributed by atoms with van der Waals surface area (Å²) in [5.41, 5.74) is 3.41. The Bertz CT molecular complexity index is 926. The van der Waals surface area contributed by atoms with Crippen molar-refractivity contribution in [2.45, 2.75) is 26.7 Å². The van der Waals surface area contributed by atoms with E-state index in [1.807, 2.05) is 50.2 Å². The van der Waals surface area contributed by atoms with Gasteiger partial charge in [-0.3, -0.25) is 9.10 Å². The summed E-state index contributed by atoms with van der Waals surface area (Å²) in [6, 6.07) is 13.3. The van der Waals surface area contributed by atoms with Crippen LogP contribution in [0, 0.1) is 13.8 Å². The molecule has 0 heterocycles. The minimum Gasteiger partial charge on any atom is -0.497 e. The smallest absolute Gasteiger partial charge is 0.240 e. The predicted octanol–water partition coefficient (Wildman–Crippen LogP) is 2.83. The molecule has 6 nitrogen and oxygen atoms in total. The monoisotopic (exact) mass is 404 g/mol. The van der Waals surface area contributed by atoms with Gasteiger partial charge in [0.05, 0.1) is 19.1 Å². The standard InChI is InChI=1S/C21H28N2O4S/c1-16-10-11-17(2)20(13-16)23(28(4,25)26)15-21(24)22-12-6-8-18-7-5-9-19(14-18)27-3/h5,7,9-11,13-14H,6,8,12,15H2,1-4H3,(H,22,24). The first-order valence-corrected chi connectivity index (χ1v) is 11.0. The van der Waals surface area contributed by atoms with E-state index in [0.717, 1.165) is 45.8 Å². The summed E-state index contributed by atoms with van der Waals surface area (Å²) in [6.07, 6.45) is 2.66. The fraction of sp³-hybridized carbons (Fsp3) is 0.381. The summed E-state index contributed by atoms with van der Waals surface area (Å²) in [4.78, 5) is 12.3. The third-order valence-electron chi connectivity index (χ3n) is 4.42. The van der Waals surface area contributed by atoms with Crippen molar-refractivity contribution in [3.05, 3.63) is 59.2 Å². The fourth-order valence-electron chi connectivity index (χ4n) is 2.90. The van der Waals surface area contributed by atoms with E-state index in [4.69, 9.17) is 4.74 Å². The first-order valence-electron chi connectivity index (χ1n) is 9.15. The Kier molecular flexibility index (Phi) is 7.45. The van der Waals surface area contributed by atoms with Gasteiger partial charge >= 0.3 is 0 Å². The molecule has 0 atom stereocenters. The molecule has 0 saturated carbocycles. The number of amides is 1. The van der Waals surface area contributed by atoms with E-state index in [1.165, 1.54) is 0 Å². The van der Waals surface area contributed by atoms with Crippen molar-refractivity contribution in [2.24, 2.45) is 0 Å². The highest BCUT2D eigenvalue weighted by molar-refractivity contribution is 7.92. The van der Waals surface area contributed by atoms with Crippen LogP contribution in [0.15, 0.2) is 42.5 Å². The van der Waals surface area contributed by atoms with Gasteiger partial charge in [-0.1, -0.05) is 24.3 Å². The maximum absolute atomic E-state index is 12.3. The van der Waals surface area contributed by atoms with Crippen molar-refractivity contribution < 1.29 is 17.9 Å². The Morgan fingerprint density at radius 3 is 2.57 bits per heavy atom. The number of sulfonamides is 1. The van der Waals surface area contributed by atoms with Crippen molar-refractivity contribution in [2.75, 3.05) is 30.8 Å². The topological polar surface area (TPSA) is 75.7 Å². The molecule has 0 aliphatic rings. The van der Waals surface area contributed by atoms with Gasteiger partial charge in [-0.25, -0.2) is 8.42 Å². The minimum atomic E-state index is -3.57. The van der Waals surface area contributed by atoms with Crippen LogP contribution in [0.5, 0.6) is 5.75 Å². The Morgan fingerprint density at radius 2 is 1.89 bits per heavy atom. The number of benzene rings is 2. The molecule has 2 aromatic rings. The molecule has 7 heteroatoms. The van der Waals surface area contributed by atoms with Crippen molar-refractivity contribution >= 4 is 21.6 Å². The minimum absolute atomic E-state index is 0.234. The maximum atomic E-state index is 12.3. The number of ether oxygens (including phenoxy) is 1. The van der Waals surface area contributed by atoms with Crippen molar-refractivity contribution in [3.8, 4) is 5.75 Å². The first kappa shape index (κ1) is 21.8. The van der Waals surface area contributed by atoms with Gasteiger partial charge in [-0.2, -0.15) is 0 Å². The summed E-state index contributed by atoms with van der Waals surface area (Å²) in [5.74, 6) is 0.482. The molecule has 0 bridgehead atoms. The Morgan fingerprint density at radius 1 is 1.14 bits per heavy atom. The van der Waals surface area contributed by atoms with E-state index >= 15 is 0 Å². The molecule has 0 saturated heterocycles. The summed E-state index contributed by atoms with van der Waals surface area (Å²) < 4.78 is 30.8. The average Bonchev–Trinajstić information content (AvgIpc) is 2.64. The zero-order valence-corrected chi connectivity index (χ0v) is 17.7. The fourth-order valence-corrected chi connectivity index (χ4v) is 3.81. The van der Waals surface area contributed by atoms with Crippen LogP contribution in [0.1, 0.15) is 23.1 Å². The summed E-state index contributed by atoms with van der Waals surface area (Å²) in [5, 5.41) is 2.81. The van der Waals surface area contributed by atoms with Crippen LogP contribution in [-0.2, 0) is 21.2 Å². The quantitative estimate of drug-likeness (QED) is 0.652. The third-order valence-corrected chi connectivity index (χ3v) is 5.55. The average molecular weight is 405 g/mol. The number of rotatable bonds is 9. The molecule has 2 aromatic carbocycles. The lowest BCUT2D eigenvalue weighted by atomic mass is 10.1. The van der Waals surface area contributed by atoms with E-state index in [-0.39, 0.29) is 12.5 Å². The van der Waals surface area contributed by atoms with Gasteiger partial charge in [-0.05, 0) is 61.6 Å². The summed E-state index contributed by atoms with van der Waals surface area (Å²) >= 11 is 0. The van der Waals surface area contributed by atoms with E-state index in [0.29, 0.717) is 12.2 Å². The number of carbonyl (C=O) groups excluding carboxylic acids is 1. The summed E-state index contributed by atoms with van der Waals surface area (Å²) in [7, 11) is -1.95. The second-order valence-corrected chi connectivity index (χ2v) is 8.77. The lowest BCUT2D eigenvalue weighted by Gasteiger charge is -2.24. The molecule has 1 amide bonds. The Balaban J connectivity index is 1.94. The number of hydrogen-bond acceptors (Lipinski definition) is 4. The summed E-state index contributed by atoms with van der Waals surface area (Å²) in [6.45, 7) is 3.96. The number of carbonyl (C=O) groups is 1. The molecule has 152 valence electrons. The van der Waals surface area contributed by atoms with Crippen LogP contribution >= 0.6 is 0 Å². The van der Waals surface area contributed by atoms with Crippen molar-refractivity contribution in [1.29, 1.82) is 0 Å². The molecule has 0 spiro atoms. The second-order valence-electron chi connectivity index (χ2n) is 6.86. The van der Waals surface area contributed by atoms with Gasteiger partial charge in [0.25, 0.3) is 0 Å². The van der Waals surface area contributed by atoms with Gasteiger partial charge < -0.3 is 10.1 Å². The maximum Gasteiger partial charge on any atom is 0.240 e. The van der Waals surface area contributed by atoms with E-state index in [9.17, 15) is 13.2 Å². The van der Waals surface area contributed by atoms with Crippen LogP contribution in [0.25, 0.3) is 0 Å². The molecule has 2 rings (SSSR count). The SMILES string of the molecule is COc1cccc(CCCNC(=O)CN(c2cc(C)ccc2C)S(C)(=O)=O)c1. The number of hydrogen-bond donors (Lipinski definition) is 1. The number of nitrogens with one attached hydrogen (secondary N) is 1. The molecule has 0 fully saturated rings. The van der Waals surface area contributed by atoms with Gasteiger partial charge in [0.1, 0.15) is 12.3 Å². The molecule has 28 heavy (non-hydrogen) atoms. The molecule has 0 radical (unpaired) electrons. The van der Waals surface area contributed by atoms with Gasteiger partial charge in [0, 0.05) is 6.54 Å². The molecule has 0 unspecified atom stereocenters. The van der Waals surface area contributed by atoms with Gasteiger partial charge in [0.15, 0.2) is 0 Å². The van der Waals surface area contributed by atoms with Crippen LogP contribution in [0.3, 0.4) is 0 Å². The highest BCUT2D eigenvalue weighted by Gasteiger charge is 2.22. The lowest BCUT2D eigenvalue weighted by molar-refractivity contribution is -0.119. The molecule has 0 aliphatic heterocycles. The van der Waals surface area contributed by atoms with Gasteiger partial charge in [0.2, 0.25) is 15.9 Å². The second kappa shape index (κ2) is 9.59. The number of methoxy groups -OCH3 is 1. The van der Waals surface area contributed by atoms with E-state index in [2.05, 4.69) is 5.32 Å². The lowest BCUT2D eigenvalue weighted by Crippen LogP contribution is -2.41. The van der Waals surface area contributed by atoms with Gasteiger partial charge in [-0.15, -0.1) is 0 Å². The Hall–Kier alpha value is -2.54. The van der Waals surface area contributed by atoms with Crippen LogP contribution in [0.2, 0.25) is 0 Å². The normalized spacial score (nSPS) is 11.1. The van der Waals surface area contributed by atoms with Crippen LogP contribution < -0.4 is 14.4 Å². The van der Waals surface area contributed by atoms with E-state index < -0.39 is 10.0 Å². The molecule has 1 N–H and O–H groups in total. The zero-order chi connectivity index (χ0) is 20.7. The molecular formula is C21H28N2O4S. The molecular weight excluding hydrogens is 376 g/mol. The number of nitrogens with zero attached hydrogens (tertiary/aromatic N) is 1. The first-order chi connectivity index (χ1) is 13.2. The van der Waals surface area contributed by atoms with E-state index in [1.54, 1.807) is 13.2 Å². The van der Waals surface area contributed by atoms with Crippen LogP contribution in [-0.4, -0.2) is 40.8 Å². The highest BCUT2D eigenvalue weighted by Crippen LogP contribution is 2.23. The van der Waals surface area contributed by atoms with Crippen molar-refractivity contribution in [1.82, 2.24) is 5.32 Å². The highest BCUT2D eigenvalue weighted by atomic mass is 32.2. The predicted molar refractivity (Wildman–Crippen MR) is 112 cm³/mol. The number of anilines is 1. The molecule has 0 aromatic heterocycles.